The monoisotopic (exact) mass is 329 g/mol. The molecule has 132 valence electrons. The third-order valence-electron chi connectivity index (χ3n) is 2.86. The van der Waals surface area contributed by atoms with E-state index in [9.17, 15) is 14.4 Å². The molecule has 0 saturated carbocycles. The largest absolute Gasteiger partial charge is 0.478 e. The predicted octanol–water partition coefficient (Wildman–Crippen LogP) is 1.31. The first-order valence-corrected chi connectivity index (χ1v) is 7.69. The van der Waals surface area contributed by atoms with Gasteiger partial charge in [-0.1, -0.05) is 0 Å². The van der Waals surface area contributed by atoms with Crippen molar-refractivity contribution in [1.29, 1.82) is 0 Å². The summed E-state index contributed by atoms with van der Waals surface area (Å²) in [5.41, 5.74) is -0.0622. The van der Waals surface area contributed by atoms with E-state index in [1.54, 1.807) is 21.0 Å². The maximum atomic E-state index is 11.7. The van der Waals surface area contributed by atoms with E-state index >= 15 is 0 Å². The summed E-state index contributed by atoms with van der Waals surface area (Å²) in [6.07, 6.45) is 2.11. The fraction of sp³-hybridized carbons (Fsp3) is 0.688. The van der Waals surface area contributed by atoms with Crippen LogP contribution < -0.4 is 5.32 Å². The lowest BCUT2D eigenvalue weighted by Crippen LogP contribution is -2.29. The molecule has 0 bridgehead atoms. The molecule has 0 atom stereocenters. The van der Waals surface area contributed by atoms with Crippen LogP contribution in [0.5, 0.6) is 0 Å². The molecule has 0 aliphatic heterocycles. The van der Waals surface area contributed by atoms with E-state index in [4.69, 9.17) is 14.6 Å². The van der Waals surface area contributed by atoms with Crippen LogP contribution in [0.15, 0.2) is 11.6 Å². The Balaban J connectivity index is 4.12. The number of carboxylic acids is 1. The second kappa shape index (κ2) is 12.8. The molecule has 1 amide bonds. The number of Topliss-reactive ketones (excluding diaryl/α,β-unsaturated/α-hetero) is 1. The Labute approximate surface area is 137 Å². The normalized spacial score (nSPS) is 11.6. The van der Waals surface area contributed by atoms with Crippen molar-refractivity contribution in [1.82, 2.24) is 5.32 Å². The maximum Gasteiger partial charge on any atom is 0.331 e. The van der Waals surface area contributed by atoms with Gasteiger partial charge >= 0.3 is 5.97 Å². The predicted molar refractivity (Wildman–Crippen MR) is 85.2 cm³/mol. The molecule has 0 unspecified atom stereocenters. The van der Waals surface area contributed by atoms with Crippen LogP contribution in [0.1, 0.15) is 39.5 Å². The van der Waals surface area contributed by atoms with Gasteiger partial charge in [-0.15, -0.1) is 0 Å². The SMILES string of the molecule is COCCOCCCC(=O)CC/C(=C/C(=O)NC(C)C)C(=O)O. The van der Waals surface area contributed by atoms with Crippen LogP contribution >= 0.6 is 0 Å². The lowest BCUT2D eigenvalue weighted by molar-refractivity contribution is -0.133. The van der Waals surface area contributed by atoms with Gasteiger partial charge in [0.1, 0.15) is 5.78 Å². The van der Waals surface area contributed by atoms with Crippen LogP contribution in [0, 0.1) is 0 Å². The van der Waals surface area contributed by atoms with Gasteiger partial charge in [-0.3, -0.25) is 9.59 Å². The maximum absolute atomic E-state index is 11.7. The van der Waals surface area contributed by atoms with Gasteiger partial charge in [0, 0.05) is 44.2 Å². The third kappa shape index (κ3) is 12.5. The Morgan fingerprint density at radius 2 is 1.78 bits per heavy atom. The van der Waals surface area contributed by atoms with Crippen molar-refractivity contribution in [2.24, 2.45) is 0 Å². The van der Waals surface area contributed by atoms with Gasteiger partial charge in [0.25, 0.3) is 0 Å². The number of methoxy groups -OCH3 is 1. The number of ether oxygens (including phenoxy) is 2. The van der Waals surface area contributed by atoms with Crippen LogP contribution in [0.3, 0.4) is 0 Å². The highest BCUT2D eigenvalue weighted by Crippen LogP contribution is 2.08. The molecule has 0 aliphatic carbocycles. The molecule has 0 aromatic heterocycles. The van der Waals surface area contributed by atoms with Crippen LogP contribution in [0.4, 0.5) is 0 Å². The highest BCUT2D eigenvalue weighted by Gasteiger charge is 2.12. The second-order valence-electron chi connectivity index (χ2n) is 5.39. The van der Waals surface area contributed by atoms with Gasteiger partial charge in [-0.2, -0.15) is 0 Å². The van der Waals surface area contributed by atoms with Crippen molar-refractivity contribution >= 4 is 17.7 Å². The lowest BCUT2D eigenvalue weighted by atomic mass is 10.0. The molecule has 0 radical (unpaired) electrons. The molecular formula is C16H27NO6. The molecule has 0 saturated heterocycles. The van der Waals surface area contributed by atoms with E-state index < -0.39 is 11.9 Å². The zero-order valence-corrected chi connectivity index (χ0v) is 14.1. The van der Waals surface area contributed by atoms with Crippen molar-refractivity contribution in [3.63, 3.8) is 0 Å². The fourth-order valence-corrected chi connectivity index (χ4v) is 1.74. The lowest BCUT2D eigenvalue weighted by Gasteiger charge is -2.07. The summed E-state index contributed by atoms with van der Waals surface area (Å²) in [5, 5.41) is 11.7. The molecule has 2 N–H and O–H groups in total. The van der Waals surface area contributed by atoms with Gasteiger partial charge in [0.15, 0.2) is 0 Å². The Bertz CT molecular complexity index is 417. The minimum absolute atomic E-state index is 0.0447. The number of amides is 1. The molecule has 7 nitrogen and oxygen atoms in total. The molecule has 0 rings (SSSR count). The average Bonchev–Trinajstić information content (AvgIpc) is 2.46. The van der Waals surface area contributed by atoms with Crippen LogP contribution in [-0.2, 0) is 23.9 Å². The first-order valence-electron chi connectivity index (χ1n) is 7.69. The molecule has 0 heterocycles. The summed E-state index contributed by atoms with van der Waals surface area (Å²) >= 11 is 0. The number of aliphatic carboxylic acids is 1. The van der Waals surface area contributed by atoms with Crippen LogP contribution in [0.2, 0.25) is 0 Å². The Morgan fingerprint density at radius 1 is 1.09 bits per heavy atom. The smallest absolute Gasteiger partial charge is 0.331 e. The molecule has 7 heteroatoms. The number of nitrogens with one attached hydrogen (secondary N) is 1. The van der Waals surface area contributed by atoms with E-state index in [1.165, 1.54) is 0 Å². The van der Waals surface area contributed by atoms with E-state index in [2.05, 4.69) is 5.32 Å². The molecule has 23 heavy (non-hydrogen) atoms. The first-order chi connectivity index (χ1) is 10.9. The molecular weight excluding hydrogens is 302 g/mol. The van der Waals surface area contributed by atoms with E-state index in [0.29, 0.717) is 32.7 Å². The standard InChI is InChI=1S/C16H27NO6/c1-12(2)17-15(19)11-13(16(20)21)6-7-14(18)5-4-8-23-10-9-22-3/h11-12H,4-10H2,1-3H3,(H,17,19)(H,20,21)/b13-11-. The number of ketones is 1. The van der Waals surface area contributed by atoms with Gasteiger partial charge in [-0.05, 0) is 26.7 Å². The summed E-state index contributed by atoms with van der Waals surface area (Å²) in [6, 6.07) is -0.0754. The Morgan fingerprint density at radius 3 is 2.35 bits per heavy atom. The Hall–Kier alpha value is -1.73. The number of hydrogen-bond acceptors (Lipinski definition) is 5. The van der Waals surface area contributed by atoms with Crippen molar-refractivity contribution in [3.05, 3.63) is 11.6 Å². The summed E-state index contributed by atoms with van der Waals surface area (Å²) in [7, 11) is 1.59. The summed E-state index contributed by atoms with van der Waals surface area (Å²) in [6.45, 7) is 5.03. The zero-order valence-electron chi connectivity index (χ0n) is 14.1. The fourth-order valence-electron chi connectivity index (χ4n) is 1.74. The van der Waals surface area contributed by atoms with Crippen LogP contribution in [0.25, 0.3) is 0 Å². The van der Waals surface area contributed by atoms with Crippen molar-refractivity contribution in [2.45, 2.75) is 45.6 Å². The minimum atomic E-state index is -1.18. The molecule has 0 aromatic rings. The zero-order chi connectivity index (χ0) is 17.7. The first kappa shape index (κ1) is 21.3. The third-order valence-corrected chi connectivity index (χ3v) is 2.86. The molecule has 0 fully saturated rings. The summed E-state index contributed by atoms with van der Waals surface area (Å²) in [5.74, 6) is -1.69. The molecule has 0 spiro atoms. The van der Waals surface area contributed by atoms with Gasteiger partial charge in [0.2, 0.25) is 5.91 Å². The molecule has 0 aromatic carbocycles. The summed E-state index contributed by atoms with van der Waals surface area (Å²) in [4.78, 5) is 34.4. The topological polar surface area (TPSA) is 102 Å². The molecule has 0 aliphatic rings. The number of rotatable bonds is 13. The number of carboxylic acid groups (broad SMARTS) is 1. The average molecular weight is 329 g/mol. The van der Waals surface area contributed by atoms with E-state index in [-0.39, 0.29) is 30.2 Å². The highest BCUT2D eigenvalue weighted by atomic mass is 16.5. The minimum Gasteiger partial charge on any atom is -0.478 e. The van der Waals surface area contributed by atoms with E-state index in [1.807, 2.05) is 0 Å². The second-order valence-corrected chi connectivity index (χ2v) is 5.39. The number of hydrogen-bond donors (Lipinski definition) is 2. The van der Waals surface area contributed by atoms with Crippen molar-refractivity contribution in [2.75, 3.05) is 26.9 Å². The number of carbonyl (C=O) groups excluding carboxylic acids is 2. The Kier molecular flexibility index (Phi) is 11.8. The van der Waals surface area contributed by atoms with Crippen molar-refractivity contribution < 1.29 is 29.0 Å². The van der Waals surface area contributed by atoms with Gasteiger partial charge in [0.05, 0.1) is 13.2 Å². The quantitative estimate of drug-likeness (QED) is 0.390. The van der Waals surface area contributed by atoms with Gasteiger partial charge in [-0.25, -0.2) is 4.79 Å². The van der Waals surface area contributed by atoms with Gasteiger partial charge < -0.3 is 19.9 Å². The summed E-state index contributed by atoms with van der Waals surface area (Å²) < 4.78 is 10.1. The number of carbonyl (C=O) groups is 3. The van der Waals surface area contributed by atoms with E-state index in [0.717, 1.165) is 6.08 Å². The van der Waals surface area contributed by atoms with Crippen LogP contribution in [-0.4, -0.2) is 55.7 Å². The highest BCUT2D eigenvalue weighted by molar-refractivity contribution is 5.98. The van der Waals surface area contributed by atoms with Crippen molar-refractivity contribution in [3.8, 4) is 0 Å².